The summed E-state index contributed by atoms with van der Waals surface area (Å²) in [7, 11) is 0. The lowest BCUT2D eigenvalue weighted by atomic mass is 9.98. The number of benzene rings is 1. The Labute approximate surface area is 147 Å². The molecule has 1 heterocycles. The number of H-pyrrole nitrogens is 1. The second kappa shape index (κ2) is 7.47. The van der Waals surface area contributed by atoms with Crippen molar-refractivity contribution in [1.82, 2.24) is 9.97 Å². The van der Waals surface area contributed by atoms with E-state index in [0.29, 0.717) is 10.7 Å². The van der Waals surface area contributed by atoms with Crippen LogP contribution in [0.3, 0.4) is 0 Å². The zero-order valence-electron chi connectivity index (χ0n) is 13.3. The van der Waals surface area contributed by atoms with Crippen molar-refractivity contribution < 1.29 is 9.72 Å². The summed E-state index contributed by atoms with van der Waals surface area (Å²) in [5, 5.41) is 13.9. The van der Waals surface area contributed by atoms with Crippen LogP contribution in [0, 0.1) is 10.1 Å². The molecule has 0 spiro atoms. The first-order valence-electron chi connectivity index (χ1n) is 7.82. The van der Waals surface area contributed by atoms with Crippen molar-refractivity contribution in [3.8, 4) is 0 Å². The van der Waals surface area contributed by atoms with Gasteiger partial charge in [-0.15, -0.1) is 0 Å². The Morgan fingerprint density at radius 3 is 2.72 bits per heavy atom. The Kier molecular flexibility index (Phi) is 5.13. The van der Waals surface area contributed by atoms with Crippen molar-refractivity contribution in [2.24, 2.45) is 0 Å². The zero-order valence-corrected chi connectivity index (χ0v) is 14.1. The predicted molar refractivity (Wildman–Crippen MR) is 93.9 cm³/mol. The molecule has 0 bridgehead atoms. The number of non-ortho nitro benzene ring substituents is 1. The predicted octanol–water partition coefficient (Wildman–Crippen LogP) is 2.29. The molecule has 3 rings (SSSR count). The summed E-state index contributed by atoms with van der Waals surface area (Å²) >= 11 is 1.23. The molecule has 9 heteroatoms. The van der Waals surface area contributed by atoms with Gasteiger partial charge in [-0.2, -0.15) is 4.98 Å². The van der Waals surface area contributed by atoms with E-state index in [9.17, 15) is 19.7 Å². The lowest BCUT2D eigenvalue weighted by Crippen LogP contribution is -2.20. The number of fused-ring (bicyclic) bond motifs is 1. The molecule has 0 saturated heterocycles. The van der Waals surface area contributed by atoms with Gasteiger partial charge in [0.25, 0.3) is 5.69 Å². The van der Waals surface area contributed by atoms with Crippen molar-refractivity contribution in [1.29, 1.82) is 0 Å². The molecule has 1 aliphatic carbocycles. The van der Waals surface area contributed by atoms with Crippen LogP contribution in [0.1, 0.15) is 24.1 Å². The van der Waals surface area contributed by atoms with Crippen molar-refractivity contribution in [2.45, 2.75) is 30.7 Å². The molecular formula is C16H16N4O4S. The number of rotatable bonds is 5. The Morgan fingerprint density at radius 1 is 1.28 bits per heavy atom. The Balaban J connectivity index is 1.64. The molecule has 2 aromatic rings. The smallest absolute Gasteiger partial charge is 0.325 e. The average Bonchev–Trinajstić information content (AvgIpc) is 2.60. The van der Waals surface area contributed by atoms with E-state index in [2.05, 4.69) is 15.3 Å². The summed E-state index contributed by atoms with van der Waals surface area (Å²) in [4.78, 5) is 40.6. The third-order valence-corrected chi connectivity index (χ3v) is 4.91. The second-order valence-corrected chi connectivity index (χ2v) is 6.62. The van der Waals surface area contributed by atoms with Gasteiger partial charge in [0.2, 0.25) is 5.91 Å². The van der Waals surface area contributed by atoms with Gasteiger partial charge in [0.05, 0.1) is 10.7 Å². The number of nitro groups is 1. The van der Waals surface area contributed by atoms with Gasteiger partial charge in [0, 0.05) is 29.1 Å². The minimum Gasteiger partial charge on any atom is -0.325 e. The van der Waals surface area contributed by atoms with E-state index < -0.39 is 4.92 Å². The molecule has 1 aromatic heterocycles. The van der Waals surface area contributed by atoms with Gasteiger partial charge in [0.1, 0.15) is 5.03 Å². The third kappa shape index (κ3) is 4.24. The largest absolute Gasteiger partial charge is 0.346 e. The molecule has 0 atom stereocenters. The average molecular weight is 360 g/mol. The first-order valence-corrected chi connectivity index (χ1v) is 8.80. The highest BCUT2D eigenvalue weighted by Crippen LogP contribution is 2.27. The fraction of sp³-hybridized carbons (Fsp3) is 0.312. The molecule has 1 aromatic carbocycles. The maximum atomic E-state index is 12.1. The summed E-state index contributed by atoms with van der Waals surface area (Å²) in [6.45, 7) is 0. The minimum atomic E-state index is -0.497. The number of carbonyl (C=O) groups is 1. The number of anilines is 1. The van der Waals surface area contributed by atoms with Gasteiger partial charge in [-0.1, -0.05) is 11.8 Å². The third-order valence-electron chi connectivity index (χ3n) is 3.89. The summed E-state index contributed by atoms with van der Waals surface area (Å²) in [6, 6.07) is 5.62. The Bertz CT molecular complexity index is 863. The number of carbonyl (C=O) groups excluding carboxylic acids is 1. The van der Waals surface area contributed by atoms with Crippen LogP contribution in [0.25, 0.3) is 0 Å². The molecule has 1 amide bonds. The van der Waals surface area contributed by atoms with Gasteiger partial charge in [-0.3, -0.25) is 14.9 Å². The standard InChI is InChI=1S/C16H16N4O4S/c21-14(17-10-5-7-11(8-6-10)20(23)24)9-25-15-12-3-1-2-4-13(12)18-16(22)19-15/h5-8H,1-4,9H2,(H,17,21)(H,18,19,22). The highest BCUT2D eigenvalue weighted by molar-refractivity contribution is 8.00. The van der Waals surface area contributed by atoms with Crippen LogP contribution < -0.4 is 11.0 Å². The molecule has 2 N–H and O–H groups in total. The monoisotopic (exact) mass is 360 g/mol. The van der Waals surface area contributed by atoms with E-state index in [1.54, 1.807) is 0 Å². The fourth-order valence-corrected chi connectivity index (χ4v) is 3.60. The number of aromatic nitrogens is 2. The molecular weight excluding hydrogens is 344 g/mol. The van der Waals surface area contributed by atoms with E-state index in [4.69, 9.17) is 0 Å². The van der Waals surface area contributed by atoms with Gasteiger partial charge in [-0.05, 0) is 37.8 Å². The lowest BCUT2D eigenvalue weighted by molar-refractivity contribution is -0.384. The molecule has 25 heavy (non-hydrogen) atoms. The fourth-order valence-electron chi connectivity index (χ4n) is 2.71. The quantitative estimate of drug-likeness (QED) is 0.365. The van der Waals surface area contributed by atoms with E-state index >= 15 is 0 Å². The summed E-state index contributed by atoms with van der Waals surface area (Å²) in [5.41, 5.74) is 2.01. The molecule has 130 valence electrons. The van der Waals surface area contributed by atoms with E-state index in [1.165, 1.54) is 36.0 Å². The topological polar surface area (TPSA) is 118 Å². The van der Waals surface area contributed by atoms with Crippen molar-refractivity contribution >= 4 is 29.0 Å². The molecule has 0 aliphatic heterocycles. The number of hydrogen-bond acceptors (Lipinski definition) is 6. The highest BCUT2D eigenvalue weighted by Gasteiger charge is 2.17. The molecule has 1 aliphatic rings. The molecule has 8 nitrogen and oxygen atoms in total. The van der Waals surface area contributed by atoms with E-state index in [1.807, 2.05) is 0 Å². The second-order valence-electron chi connectivity index (χ2n) is 5.65. The van der Waals surface area contributed by atoms with Crippen LogP contribution in [0.4, 0.5) is 11.4 Å². The normalized spacial score (nSPS) is 13.1. The number of aryl methyl sites for hydroxylation is 1. The van der Waals surface area contributed by atoms with Crippen molar-refractivity contribution in [3.63, 3.8) is 0 Å². The molecule has 0 unspecified atom stereocenters. The number of hydrogen-bond donors (Lipinski definition) is 2. The van der Waals surface area contributed by atoms with Crippen molar-refractivity contribution in [3.05, 3.63) is 56.1 Å². The minimum absolute atomic E-state index is 0.0355. The summed E-state index contributed by atoms with van der Waals surface area (Å²) in [5.74, 6) is -0.148. The van der Waals surface area contributed by atoms with Crippen LogP contribution >= 0.6 is 11.8 Å². The first-order chi connectivity index (χ1) is 12.0. The number of thioether (sulfide) groups is 1. The maximum Gasteiger partial charge on any atom is 0.346 e. The maximum absolute atomic E-state index is 12.1. The van der Waals surface area contributed by atoms with Crippen LogP contribution in [-0.4, -0.2) is 26.6 Å². The SMILES string of the molecule is O=C(CSc1nc(=O)[nH]c2c1CCCC2)Nc1ccc([N+](=O)[O-])cc1. The van der Waals surface area contributed by atoms with Gasteiger partial charge in [0.15, 0.2) is 0 Å². The number of nitro benzene ring substituents is 1. The van der Waals surface area contributed by atoms with Crippen molar-refractivity contribution in [2.75, 3.05) is 11.1 Å². The molecule has 0 fully saturated rings. The van der Waals surface area contributed by atoms with Crippen LogP contribution in [0.15, 0.2) is 34.1 Å². The lowest BCUT2D eigenvalue weighted by Gasteiger charge is -2.17. The number of nitrogens with zero attached hydrogens (tertiary/aromatic N) is 2. The summed E-state index contributed by atoms with van der Waals surface area (Å²) < 4.78 is 0. The van der Waals surface area contributed by atoms with Gasteiger partial charge in [-0.25, -0.2) is 4.79 Å². The van der Waals surface area contributed by atoms with Crippen LogP contribution in [-0.2, 0) is 17.6 Å². The van der Waals surface area contributed by atoms with Crippen LogP contribution in [0.5, 0.6) is 0 Å². The summed E-state index contributed by atoms with van der Waals surface area (Å²) in [6.07, 6.45) is 3.77. The van der Waals surface area contributed by atoms with Crippen LogP contribution in [0.2, 0.25) is 0 Å². The van der Waals surface area contributed by atoms with E-state index in [-0.39, 0.29) is 23.0 Å². The Hall–Kier alpha value is -2.68. The zero-order chi connectivity index (χ0) is 17.8. The number of nitrogens with one attached hydrogen (secondary N) is 2. The number of amides is 1. The van der Waals surface area contributed by atoms with E-state index in [0.717, 1.165) is 36.9 Å². The molecule has 0 radical (unpaired) electrons. The van der Waals surface area contributed by atoms with Gasteiger partial charge >= 0.3 is 5.69 Å². The first kappa shape index (κ1) is 17.2. The highest BCUT2D eigenvalue weighted by atomic mass is 32.2. The Morgan fingerprint density at radius 2 is 2.00 bits per heavy atom. The molecule has 0 saturated carbocycles. The van der Waals surface area contributed by atoms with Gasteiger partial charge < -0.3 is 10.3 Å². The number of aromatic amines is 1.